The smallest absolute Gasteiger partial charge is 0.268 e. The van der Waals surface area contributed by atoms with E-state index in [2.05, 4.69) is 0 Å². The number of benzene rings is 1. The van der Waals surface area contributed by atoms with E-state index in [1.165, 1.54) is 40.3 Å². The van der Waals surface area contributed by atoms with Gasteiger partial charge in [0.1, 0.15) is 29.8 Å². The highest BCUT2D eigenvalue weighted by Crippen LogP contribution is 2.27. The SMILES string of the molecule is COCCCn1cc(C(=O)c2cc(F)ccc2OCc2ccc(Cl)s2)cc(C#N)c1=O. The Morgan fingerprint density at radius 1 is 1.29 bits per heavy atom. The zero-order valence-electron chi connectivity index (χ0n) is 16.6. The largest absolute Gasteiger partial charge is 0.487 e. The number of pyridine rings is 1. The van der Waals surface area contributed by atoms with Crippen molar-refractivity contribution in [1.29, 1.82) is 5.26 Å². The summed E-state index contributed by atoms with van der Waals surface area (Å²) in [4.78, 5) is 26.4. The molecule has 0 amide bonds. The molecule has 0 unspecified atom stereocenters. The minimum Gasteiger partial charge on any atom is -0.487 e. The molecule has 31 heavy (non-hydrogen) atoms. The third-order valence-corrected chi connectivity index (χ3v) is 5.61. The van der Waals surface area contributed by atoms with E-state index in [9.17, 15) is 19.2 Å². The fourth-order valence-electron chi connectivity index (χ4n) is 2.92. The molecule has 0 bridgehead atoms. The first-order valence-electron chi connectivity index (χ1n) is 9.27. The molecular formula is C22H18ClFN2O4S. The number of hydrogen-bond donors (Lipinski definition) is 0. The molecule has 3 aromatic rings. The molecular weight excluding hydrogens is 443 g/mol. The van der Waals surface area contributed by atoms with Crippen molar-refractivity contribution in [3.05, 3.63) is 84.7 Å². The summed E-state index contributed by atoms with van der Waals surface area (Å²) >= 11 is 7.26. The number of ether oxygens (including phenoxy) is 2. The molecule has 0 saturated heterocycles. The molecule has 0 saturated carbocycles. The van der Waals surface area contributed by atoms with Crippen LogP contribution in [0.3, 0.4) is 0 Å². The van der Waals surface area contributed by atoms with Gasteiger partial charge in [-0.1, -0.05) is 11.6 Å². The lowest BCUT2D eigenvalue weighted by molar-refractivity contribution is 0.103. The lowest BCUT2D eigenvalue weighted by Crippen LogP contribution is -2.24. The van der Waals surface area contributed by atoms with Gasteiger partial charge in [0.05, 0.1) is 9.90 Å². The summed E-state index contributed by atoms with van der Waals surface area (Å²) in [6.45, 7) is 0.846. The molecule has 3 rings (SSSR count). The van der Waals surface area contributed by atoms with E-state index in [0.29, 0.717) is 17.4 Å². The second-order valence-corrected chi connectivity index (χ2v) is 8.36. The van der Waals surface area contributed by atoms with E-state index in [0.717, 1.165) is 10.9 Å². The maximum Gasteiger partial charge on any atom is 0.268 e. The van der Waals surface area contributed by atoms with Crippen molar-refractivity contribution in [1.82, 2.24) is 4.57 Å². The van der Waals surface area contributed by atoms with Crippen LogP contribution in [0.25, 0.3) is 0 Å². The first-order chi connectivity index (χ1) is 14.9. The summed E-state index contributed by atoms with van der Waals surface area (Å²) in [6.07, 6.45) is 1.89. The van der Waals surface area contributed by atoms with Gasteiger partial charge in [0, 0.05) is 36.9 Å². The van der Waals surface area contributed by atoms with Crippen LogP contribution in [0.1, 0.15) is 32.8 Å². The summed E-state index contributed by atoms with van der Waals surface area (Å²) in [6, 6.07) is 10.2. The van der Waals surface area contributed by atoms with E-state index in [-0.39, 0.29) is 35.6 Å². The number of thiophene rings is 1. The molecule has 9 heteroatoms. The highest BCUT2D eigenvalue weighted by atomic mass is 35.5. The maximum atomic E-state index is 13.9. The minimum absolute atomic E-state index is 0.00590. The molecule has 0 radical (unpaired) electrons. The maximum absolute atomic E-state index is 13.9. The van der Waals surface area contributed by atoms with Crippen LogP contribution >= 0.6 is 22.9 Å². The molecule has 2 aromatic heterocycles. The van der Waals surface area contributed by atoms with E-state index in [4.69, 9.17) is 21.1 Å². The van der Waals surface area contributed by atoms with Crippen molar-refractivity contribution in [2.24, 2.45) is 0 Å². The van der Waals surface area contributed by atoms with Crippen LogP contribution in [0.4, 0.5) is 4.39 Å². The van der Waals surface area contributed by atoms with Gasteiger partial charge in [-0.2, -0.15) is 5.26 Å². The lowest BCUT2D eigenvalue weighted by Gasteiger charge is -2.12. The molecule has 0 spiro atoms. The van der Waals surface area contributed by atoms with Crippen LogP contribution in [0.5, 0.6) is 5.75 Å². The second-order valence-electron chi connectivity index (χ2n) is 6.56. The summed E-state index contributed by atoms with van der Waals surface area (Å²) in [7, 11) is 1.54. The predicted octanol–water partition coefficient (Wildman–Crippen LogP) is 4.42. The number of aryl methyl sites for hydroxylation is 1. The standard InChI is InChI=1S/C22H18ClFN2O4S/c1-29-8-2-7-26-12-15(9-14(11-25)22(26)28)21(27)18-10-16(24)3-5-19(18)30-13-17-4-6-20(23)31-17/h3-6,9-10,12H,2,7-8,13H2,1H3. The molecule has 0 atom stereocenters. The Balaban J connectivity index is 1.94. The van der Waals surface area contributed by atoms with E-state index >= 15 is 0 Å². The van der Waals surface area contributed by atoms with Crippen LogP contribution in [-0.2, 0) is 17.9 Å². The zero-order valence-corrected chi connectivity index (χ0v) is 18.1. The Morgan fingerprint density at radius 3 is 2.77 bits per heavy atom. The molecule has 2 heterocycles. The molecule has 0 fully saturated rings. The van der Waals surface area contributed by atoms with Gasteiger partial charge in [-0.15, -0.1) is 11.3 Å². The third-order valence-electron chi connectivity index (χ3n) is 4.40. The summed E-state index contributed by atoms with van der Waals surface area (Å²) < 4.78 is 26.6. The average molecular weight is 461 g/mol. The third kappa shape index (κ3) is 5.58. The Labute approximate surface area is 187 Å². The summed E-state index contributed by atoms with van der Waals surface area (Å²) in [5, 5.41) is 9.31. The molecule has 6 nitrogen and oxygen atoms in total. The van der Waals surface area contributed by atoms with Crippen molar-refractivity contribution in [2.75, 3.05) is 13.7 Å². The Morgan fingerprint density at radius 2 is 2.10 bits per heavy atom. The summed E-state index contributed by atoms with van der Waals surface area (Å²) in [5.41, 5.74) is -0.590. The number of nitriles is 1. The van der Waals surface area contributed by atoms with Gasteiger partial charge in [-0.05, 0) is 42.8 Å². The number of halogens is 2. The van der Waals surface area contributed by atoms with Crippen LogP contribution < -0.4 is 10.3 Å². The van der Waals surface area contributed by atoms with Crippen LogP contribution in [0.15, 0.2) is 47.4 Å². The monoisotopic (exact) mass is 460 g/mol. The number of hydrogen-bond acceptors (Lipinski definition) is 6. The van der Waals surface area contributed by atoms with Gasteiger partial charge < -0.3 is 14.0 Å². The van der Waals surface area contributed by atoms with Crippen LogP contribution in [0, 0.1) is 17.1 Å². The number of aromatic nitrogens is 1. The lowest BCUT2D eigenvalue weighted by atomic mass is 10.0. The van der Waals surface area contributed by atoms with E-state index in [1.54, 1.807) is 19.2 Å². The number of carbonyl (C=O) groups excluding carboxylic acids is 1. The molecule has 0 aliphatic heterocycles. The fourth-order valence-corrected chi connectivity index (χ4v) is 3.93. The van der Waals surface area contributed by atoms with E-state index < -0.39 is 17.2 Å². The summed E-state index contributed by atoms with van der Waals surface area (Å²) in [5.74, 6) is -0.981. The van der Waals surface area contributed by atoms with Gasteiger partial charge in [-0.3, -0.25) is 9.59 Å². The second kappa shape index (κ2) is 10.4. The van der Waals surface area contributed by atoms with Crippen molar-refractivity contribution in [2.45, 2.75) is 19.6 Å². The molecule has 0 aliphatic rings. The Hall–Kier alpha value is -2.99. The van der Waals surface area contributed by atoms with E-state index in [1.807, 2.05) is 6.07 Å². The van der Waals surface area contributed by atoms with Gasteiger partial charge in [-0.25, -0.2) is 4.39 Å². The normalized spacial score (nSPS) is 10.6. The number of rotatable bonds is 9. The fraction of sp³-hybridized carbons (Fsp3) is 0.227. The Bertz CT molecular complexity index is 1200. The first-order valence-corrected chi connectivity index (χ1v) is 10.5. The van der Waals surface area contributed by atoms with Gasteiger partial charge in [0.2, 0.25) is 0 Å². The number of nitrogens with zero attached hydrogens (tertiary/aromatic N) is 2. The van der Waals surface area contributed by atoms with Crippen molar-refractivity contribution >= 4 is 28.7 Å². The van der Waals surface area contributed by atoms with Gasteiger partial charge in [0.15, 0.2) is 5.78 Å². The van der Waals surface area contributed by atoms with Crippen molar-refractivity contribution in [3.63, 3.8) is 0 Å². The quantitative estimate of drug-likeness (QED) is 0.349. The van der Waals surface area contributed by atoms with Crippen molar-refractivity contribution in [3.8, 4) is 11.8 Å². The van der Waals surface area contributed by atoms with Crippen molar-refractivity contribution < 1.29 is 18.7 Å². The predicted molar refractivity (Wildman–Crippen MR) is 115 cm³/mol. The average Bonchev–Trinajstić information content (AvgIpc) is 3.18. The minimum atomic E-state index is -0.608. The van der Waals surface area contributed by atoms with Gasteiger partial charge >= 0.3 is 0 Å². The number of carbonyl (C=O) groups is 1. The highest BCUT2D eigenvalue weighted by molar-refractivity contribution is 7.16. The number of methoxy groups -OCH3 is 1. The first kappa shape index (κ1) is 22.7. The van der Waals surface area contributed by atoms with Crippen LogP contribution in [-0.4, -0.2) is 24.1 Å². The zero-order chi connectivity index (χ0) is 22.4. The topological polar surface area (TPSA) is 81.3 Å². The Kier molecular flexibility index (Phi) is 7.58. The molecule has 0 aliphatic carbocycles. The van der Waals surface area contributed by atoms with Gasteiger partial charge in [0.25, 0.3) is 5.56 Å². The van der Waals surface area contributed by atoms with Crippen LogP contribution in [0.2, 0.25) is 4.34 Å². The number of ketones is 1. The highest BCUT2D eigenvalue weighted by Gasteiger charge is 2.19. The molecule has 160 valence electrons. The molecule has 1 aromatic carbocycles. The molecule has 0 N–H and O–H groups in total.